The maximum Gasteiger partial charge on any atom is 0.242 e. The van der Waals surface area contributed by atoms with Crippen LogP contribution in [0.5, 0.6) is 5.75 Å². The number of ether oxygens (including phenoxy) is 1. The number of carbonyl (C=O) groups excluding carboxylic acids is 2. The van der Waals surface area contributed by atoms with Crippen LogP contribution in [0.15, 0.2) is 48.5 Å². The van der Waals surface area contributed by atoms with Crippen LogP contribution in [0, 0.1) is 0 Å². The van der Waals surface area contributed by atoms with Crippen molar-refractivity contribution in [3.63, 3.8) is 0 Å². The molecular formula is C23H29ClN2O3. The predicted molar refractivity (Wildman–Crippen MR) is 116 cm³/mol. The van der Waals surface area contributed by atoms with E-state index >= 15 is 0 Å². The molecule has 2 atom stereocenters. The molecule has 0 saturated heterocycles. The number of nitrogens with zero attached hydrogens (tertiary/aromatic N) is 1. The summed E-state index contributed by atoms with van der Waals surface area (Å²) in [6, 6.07) is 14.2. The van der Waals surface area contributed by atoms with Gasteiger partial charge in [-0.2, -0.15) is 0 Å². The Bertz CT molecular complexity index is 840. The van der Waals surface area contributed by atoms with Crippen molar-refractivity contribution in [3.05, 3.63) is 64.7 Å². The Balaban J connectivity index is 2.25. The third-order valence-corrected chi connectivity index (χ3v) is 5.13. The summed E-state index contributed by atoms with van der Waals surface area (Å²) in [5.74, 6) is 0.407. The van der Waals surface area contributed by atoms with Crippen LogP contribution in [0.4, 0.5) is 0 Å². The third-order valence-electron chi connectivity index (χ3n) is 4.90. The van der Waals surface area contributed by atoms with E-state index in [1.165, 1.54) is 0 Å². The first-order valence-corrected chi connectivity index (χ1v) is 10.2. The molecule has 0 spiro atoms. The van der Waals surface area contributed by atoms with E-state index in [9.17, 15) is 9.59 Å². The number of hydrogen-bond donors (Lipinski definition) is 1. The first-order valence-electron chi connectivity index (χ1n) is 9.81. The Morgan fingerprint density at radius 3 is 2.45 bits per heavy atom. The molecule has 2 amide bonds. The van der Waals surface area contributed by atoms with Crippen LogP contribution in [-0.2, 0) is 22.6 Å². The van der Waals surface area contributed by atoms with Gasteiger partial charge < -0.3 is 15.0 Å². The van der Waals surface area contributed by atoms with E-state index in [-0.39, 0.29) is 24.3 Å². The molecule has 6 heteroatoms. The molecule has 0 bridgehead atoms. The van der Waals surface area contributed by atoms with Crippen molar-refractivity contribution in [3.8, 4) is 5.75 Å². The maximum atomic E-state index is 13.2. The van der Waals surface area contributed by atoms with Crippen molar-refractivity contribution < 1.29 is 14.3 Å². The van der Waals surface area contributed by atoms with Gasteiger partial charge >= 0.3 is 0 Å². The first kappa shape index (κ1) is 22.8. The van der Waals surface area contributed by atoms with E-state index in [1.807, 2.05) is 50.2 Å². The molecule has 2 aromatic rings. The summed E-state index contributed by atoms with van der Waals surface area (Å²) in [6.07, 6.45) is 0.996. The molecule has 0 aliphatic carbocycles. The minimum absolute atomic E-state index is 0.0478. The fraction of sp³-hybridized carbons (Fsp3) is 0.391. The third kappa shape index (κ3) is 6.79. The minimum atomic E-state index is -0.609. The molecule has 0 heterocycles. The van der Waals surface area contributed by atoms with Crippen LogP contribution in [0.25, 0.3) is 0 Å². The van der Waals surface area contributed by atoms with Gasteiger partial charge in [0.1, 0.15) is 11.8 Å². The first-order chi connectivity index (χ1) is 13.8. The summed E-state index contributed by atoms with van der Waals surface area (Å²) in [4.78, 5) is 27.5. The van der Waals surface area contributed by atoms with Gasteiger partial charge in [-0.15, -0.1) is 0 Å². The number of amides is 2. The molecular weight excluding hydrogens is 388 g/mol. The molecule has 1 N–H and O–H groups in total. The van der Waals surface area contributed by atoms with Crippen LogP contribution in [0.1, 0.15) is 38.3 Å². The van der Waals surface area contributed by atoms with E-state index < -0.39 is 6.04 Å². The fourth-order valence-electron chi connectivity index (χ4n) is 2.94. The second-order valence-electron chi connectivity index (χ2n) is 7.17. The van der Waals surface area contributed by atoms with Gasteiger partial charge in [0.05, 0.1) is 13.5 Å². The SMILES string of the molecule is CC[C@@H](C)NC(=O)[C@@H](C)N(Cc1cccc(OC)c1)C(=O)Cc1cccc(Cl)c1. The summed E-state index contributed by atoms with van der Waals surface area (Å²) in [5.41, 5.74) is 1.71. The van der Waals surface area contributed by atoms with Crippen molar-refractivity contribution in [2.45, 2.75) is 52.2 Å². The predicted octanol–water partition coefficient (Wildman–Crippen LogP) is 4.22. The molecule has 0 aliphatic rings. The van der Waals surface area contributed by atoms with Gasteiger partial charge in [-0.25, -0.2) is 0 Å². The van der Waals surface area contributed by atoms with Gasteiger partial charge in [0.15, 0.2) is 0 Å². The lowest BCUT2D eigenvalue weighted by Gasteiger charge is -2.30. The molecule has 0 aliphatic heterocycles. The van der Waals surface area contributed by atoms with Gasteiger partial charge in [-0.05, 0) is 55.7 Å². The highest BCUT2D eigenvalue weighted by molar-refractivity contribution is 6.30. The Morgan fingerprint density at radius 2 is 1.79 bits per heavy atom. The smallest absolute Gasteiger partial charge is 0.242 e. The monoisotopic (exact) mass is 416 g/mol. The molecule has 5 nitrogen and oxygen atoms in total. The zero-order chi connectivity index (χ0) is 21.4. The van der Waals surface area contributed by atoms with Crippen molar-refractivity contribution >= 4 is 23.4 Å². The Kier molecular flexibility index (Phi) is 8.52. The number of rotatable bonds is 9. The van der Waals surface area contributed by atoms with Crippen LogP contribution < -0.4 is 10.1 Å². The second kappa shape index (κ2) is 10.9. The number of methoxy groups -OCH3 is 1. The molecule has 0 unspecified atom stereocenters. The normalized spacial score (nSPS) is 12.7. The van der Waals surface area contributed by atoms with Crippen molar-refractivity contribution in [1.29, 1.82) is 0 Å². The molecule has 0 saturated carbocycles. The largest absolute Gasteiger partial charge is 0.497 e. The molecule has 0 fully saturated rings. The van der Waals surface area contributed by atoms with Crippen molar-refractivity contribution in [1.82, 2.24) is 10.2 Å². The van der Waals surface area contributed by atoms with E-state index in [1.54, 1.807) is 31.1 Å². The highest BCUT2D eigenvalue weighted by Gasteiger charge is 2.27. The Labute approximate surface area is 178 Å². The number of halogens is 1. The average Bonchev–Trinajstić information content (AvgIpc) is 2.71. The van der Waals surface area contributed by atoms with Crippen molar-refractivity contribution in [2.75, 3.05) is 7.11 Å². The second-order valence-corrected chi connectivity index (χ2v) is 7.61. The number of nitrogens with one attached hydrogen (secondary N) is 1. The van der Waals surface area contributed by atoms with Crippen LogP contribution in [-0.4, -0.2) is 35.9 Å². The number of hydrogen-bond acceptors (Lipinski definition) is 3. The average molecular weight is 417 g/mol. The molecule has 2 aromatic carbocycles. The standard InChI is InChI=1S/C23H29ClN2O3/c1-5-16(2)25-23(28)17(3)26(15-19-9-7-11-21(13-19)29-4)22(27)14-18-8-6-10-20(24)12-18/h6-13,16-17H,5,14-15H2,1-4H3,(H,25,28)/t16-,17-/m1/s1. The summed E-state index contributed by atoms with van der Waals surface area (Å²) in [5, 5.41) is 3.55. The topological polar surface area (TPSA) is 58.6 Å². The number of benzene rings is 2. The summed E-state index contributed by atoms with van der Waals surface area (Å²) in [7, 11) is 1.60. The zero-order valence-electron chi connectivity index (χ0n) is 17.4. The van der Waals surface area contributed by atoms with Gasteiger partial charge in [0.25, 0.3) is 0 Å². The summed E-state index contributed by atoms with van der Waals surface area (Å²) in [6.45, 7) is 6.03. The lowest BCUT2D eigenvalue weighted by atomic mass is 10.1. The zero-order valence-corrected chi connectivity index (χ0v) is 18.2. The van der Waals surface area contributed by atoms with Crippen LogP contribution in [0.2, 0.25) is 5.02 Å². The minimum Gasteiger partial charge on any atom is -0.497 e. The van der Waals surface area contributed by atoms with Crippen LogP contribution >= 0.6 is 11.6 Å². The fourth-order valence-corrected chi connectivity index (χ4v) is 3.15. The van der Waals surface area contributed by atoms with Gasteiger partial charge in [-0.3, -0.25) is 9.59 Å². The van der Waals surface area contributed by atoms with E-state index in [0.29, 0.717) is 17.3 Å². The van der Waals surface area contributed by atoms with Gasteiger partial charge in [0, 0.05) is 17.6 Å². The Morgan fingerprint density at radius 1 is 1.10 bits per heavy atom. The quantitative estimate of drug-likeness (QED) is 0.665. The molecule has 0 aromatic heterocycles. The number of carbonyl (C=O) groups is 2. The summed E-state index contributed by atoms with van der Waals surface area (Å²) >= 11 is 6.05. The van der Waals surface area contributed by atoms with Crippen molar-refractivity contribution in [2.24, 2.45) is 0 Å². The molecule has 2 rings (SSSR count). The molecule has 29 heavy (non-hydrogen) atoms. The molecule has 0 radical (unpaired) electrons. The van der Waals surface area contributed by atoms with E-state index in [2.05, 4.69) is 5.32 Å². The van der Waals surface area contributed by atoms with E-state index in [0.717, 1.165) is 17.5 Å². The van der Waals surface area contributed by atoms with E-state index in [4.69, 9.17) is 16.3 Å². The summed E-state index contributed by atoms with van der Waals surface area (Å²) < 4.78 is 5.28. The van der Waals surface area contributed by atoms with Crippen LogP contribution in [0.3, 0.4) is 0 Å². The maximum absolute atomic E-state index is 13.2. The van der Waals surface area contributed by atoms with Gasteiger partial charge in [0.2, 0.25) is 11.8 Å². The lowest BCUT2D eigenvalue weighted by molar-refractivity contribution is -0.140. The van der Waals surface area contributed by atoms with Gasteiger partial charge in [-0.1, -0.05) is 42.8 Å². The Hall–Kier alpha value is -2.53. The highest BCUT2D eigenvalue weighted by atomic mass is 35.5. The lowest BCUT2D eigenvalue weighted by Crippen LogP contribution is -2.49. The molecule has 156 valence electrons. The highest BCUT2D eigenvalue weighted by Crippen LogP contribution is 2.18.